The SMILES string of the molecule is CCCCCCNC(=O)c1ccc(S(=O)(=O)NCCCCCC)o1. The van der Waals surface area contributed by atoms with Gasteiger partial charge >= 0.3 is 0 Å². The molecule has 2 N–H and O–H groups in total. The third-order valence-electron chi connectivity index (χ3n) is 3.71. The molecule has 0 aliphatic carbocycles. The van der Waals surface area contributed by atoms with Gasteiger partial charge in [0, 0.05) is 13.1 Å². The van der Waals surface area contributed by atoms with Crippen molar-refractivity contribution < 1.29 is 17.6 Å². The van der Waals surface area contributed by atoms with Crippen LogP contribution in [0.2, 0.25) is 0 Å². The first-order valence-electron chi connectivity index (χ1n) is 8.89. The van der Waals surface area contributed by atoms with Gasteiger partial charge in [0.25, 0.3) is 15.9 Å². The minimum absolute atomic E-state index is 0.0249. The molecule has 0 aromatic carbocycles. The van der Waals surface area contributed by atoms with Gasteiger partial charge in [-0.05, 0) is 25.0 Å². The molecule has 0 atom stereocenters. The summed E-state index contributed by atoms with van der Waals surface area (Å²) < 4.78 is 31.9. The molecular weight excluding hydrogens is 328 g/mol. The van der Waals surface area contributed by atoms with Crippen molar-refractivity contribution in [1.82, 2.24) is 10.0 Å². The first-order chi connectivity index (χ1) is 11.5. The fourth-order valence-corrected chi connectivity index (χ4v) is 3.26. The van der Waals surface area contributed by atoms with Gasteiger partial charge in [-0.1, -0.05) is 52.4 Å². The van der Waals surface area contributed by atoms with Crippen LogP contribution in [0.25, 0.3) is 0 Å². The van der Waals surface area contributed by atoms with E-state index >= 15 is 0 Å². The van der Waals surface area contributed by atoms with E-state index in [0.29, 0.717) is 13.1 Å². The molecule has 0 spiro atoms. The van der Waals surface area contributed by atoms with E-state index in [2.05, 4.69) is 23.9 Å². The van der Waals surface area contributed by atoms with Crippen LogP contribution < -0.4 is 10.0 Å². The van der Waals surface area contributed by atoms with Crippen molar-refractivity contribution in [3.8, 4) is 0 Å². The van der Waals surface area contributed by atoms with Crippen molar-refractivity contribution >= 4 is 15.9 Å². The second-order valence-electron chi connectivity index (χ2n) is 5.89. The quantitative estimate of drug-likeness (QED) is 0.529. The van der Waals surface area contributed by atoms with Crippen molar-refractivity contribution in [3.63, 3.8) is 0 Å². The second-order valence-corrected chi connectivity index (χ2v) is 7.59. The highest BCUT2D eigenvalue weighted by molar-refractivity contribution is 7.89. The van der Waals surface area contributed by atoms with Gasteiger partial charge in [-0.3, -0.25) is 4.79 Å². The minimum atomic E-state index is -3.69. The predicted octanol–water partition coefficient (Wildman–Crippen LogP) is 3.45. The summed E-state index contributed by atoms with van der Waals surface area (Å²) in [6, 6.07) is 2.72. The van der Waals surface area contributed by atoms with Gasteiger partial charge in [0.2, 0.25) is 5.09 Å². The lowest BCUT2D eigenvalue weighted by molar-refractivity contribution is 0.0920. The number of carbonyl (C=O) groups is 1. The number of hydrogen-bond donors (Lipinski definition) is 2. The van der Waals surface area contributed by atoms with E-state index in [1.54, 1.807) is 0 Å². The van der Waals surface area contributed by atoms with E-state index in [0.717, 1.165) is 51.4 Å². The first kappa shape index (κ1) is 20.7. The number of unbranched alkanes of at least 4 members (excludes halogenated alkanes) is 6. The van der Waals surface area contributed by atoms with Crippen molar-refractivity contribution in [1.29, 1.82) is 0 Å². The number of furan rings is 1. The molecule has 0 saturated heterocycles. The van der Waals surface area contributed by atoms with E-state index in [4.69, 9.17) is 4.42 Å². The zero-order valence-corrected chi connectivity index (χ0v) is 15.6. The summed E-state index contributed by atoms with van der Waals surface area (Å²) in [4.78, 5) is 11.9. The molecule has 1 heterocycles. The van der Waals surface area contributed by atoms with Gasteiger partial charge < -0.3 is 9.73 Å². The molecule has 0 fully saturated rings. The highest BCUT2D eigenvalue weighted by Crippen LogP contribution is 2.14. The van der Waals surface area contributed by atoms with Crippen LogP contribution in [0.3, 0.4) is 0 Å². The number of hydrogen-bond acceptors (Lipinski definition) is 4. The van der Waals surface area contributed by atoms with E-state index in [1.165, 1.54) is 12.1 Å². The molecule has 0 aliphatic rings. The van der Waals surface area contributed by atoms with Crippen molar-refractivity contribution in [2.75, 3.05) is 13.1 Å². The van der Waals surface area contributed by atoms with Crippen LogP contribution in [0.5, 0.6) is 0 Å². The number of carbonyl (C=O) groups excluding carboxylic acids is 1. The molecule has 0 bridgehead atoms. The molecule has 0 unspecified atom stereocenters. The number of rotatable bonds is 13. The number of nitrogens with one attached hydrogen (secondary N) is 2. The number of amides is 1. The normalized spacial score (nSPS) is 11.6. The van der Waals surface area contributed by atoms with Crippen molar-refractivity contribution in [2.45, 2.75) is 70.3 Å². The molecule has 0 aliphatic heterocycles. The largest absolute Gasteiger partial charge is 0.438 e. The summed E-state index contributed by atoms with van der Waals surface area (Å²) >= 11 is 0. The Morgan fingerprint density at radius 3 is 2.21 bits per heavy atom. The van der Waals surface area contributed by atoms with E-state index in [1.807, 2.05) is 0 Å². The Morgan fingerprint density at radius 2 is 1.58 bits per heavy atom. The topological polar surface area (TPSA) is 88.4 Å². The summed E-state index contributed by atoms with van der Waals surface area (Å²) in [5.74, 6) is -0.354. The maximum Gasteiger partial charge on any atom is 0.287 e. The zero-order valence-electron chi connectivity index (χ0n) is 14.8. The summed E-state index contributed by atoms with van der Waals surface area (Å²) in [5.41, 5.74) is 0. The van der Waals surface area contributed by atoms with Crippen LogP contribution in [0.1, 0.15) is 75.8 Å². The van der Waals surface area contributed by atoms with Gasteiger partial charge in [0.1, 0.15) is 0 Å². The van der Waals surface area contributed by atoms with Gasteiger partial charge in [0.15, 0.2) is 5.76 Å². The minimum Gasteiger partial charge on any atom is -0.438 e. The second kappa shape index (κ2) is 11.3. The van der Waals surface area contributed by atoms with E-state index in [9.17, 15) is 13.2 Å². The Hall–Kier alpha value is -1.34. The van der Waals surface area contributed by atoms with Crippen LogP contribution in [0.4, 0.5) is 0 Å². The Kier molecular flexibility index (Phi) is 9.71. The summed E-state index contributed by atoms with van der Waals surface area (Å²) in [7, 11) is -3.69. The molecule has 0 saturated carbocycles. The third kappa shape index (κ3) is 7.49. The Balaban J connectivity index is 2.44. The fraction of sp³-hybridized carbons (Fsp3) is 0.706. The van der Waals surface area contributed by atoms with Gasteiger partial charge in [-0.25, -0.2) is 13.1 Å². The van der Waals surface area contributed by atoms with Crippen LogP contribution in [0.15, 0.2) is 21.6 Å². The molecule has 6 nitrogen and oxygen atoms in total. The first-order valence-corrected chi connectivity index (χ1v) is 10.4. The number of sulfonamides is 1. The molecule has 1 aromatic rings. The molecule has 7 heteroatoms. The van der Waals surface area contributed by atoms with Crippen LogP contribution in [-0.4, -0.2) is 27.4 Å². The molecular formula is C17H30N2O4S. The van der Waals surface area contributed by atoms with Gasteiger partial charge in [-0.2, -0.15) is 0 Å². The van der Waals surface area contributed by atoms with Crippen molar-refractivity contribution in [3.05, 3.63) is 17.9 Å². The molecule has 24 heavy (non-hydrogen) atoms. The molecule has 0 radical (unpaired) electrons. The van der Waals surface area contributed by atoms with Crippen LogP contribution in [0, 0.1) is 0 Å². The molecule has 138 valence electrons. The summed E-state index contributed by atoms with van der Waals surface area (Å²) in [6.07, 6.45) is 8.22. The highest BCUT2D eigenvalue weighted by atomic mass is 32.2. The predicted molar refractivity (Wildman–Crippen MR) is 94.5 cm³/mol. The standard InChI is InChI=1S/C17H30N2O4S/c1-3-5-7-9-13-18-17(20)15-11-12-16(23-15)24(21,22)19-14-10-8-6-4-2/h11-12,19H,3-10,13-14H2,1-2H3,(H,18,20). The fourth-order valence-electron chi connectivity index (χ4n) is 2.26. The summed E-state index contributed by atoms with van der Waals surface area (Å²) in [6.45, 7) is 5.17. The molecule has 1 rings (SSSR count). The maximum atomic E-state index is 12.1. The average Bonchev–Trinajstić information content (AvgIpc) is 3.05. The monoisotopic (exact) mass is 358 g/mol. The molecule has 1 aromatic heterocycles. The lowest BCUT2D eigenvalue weighted by Crippen LogP contribution is -2.25. The Labute approximate surface area is 145 Å². The lowest BCUT2D eigenvalue weighted by atomic mass is 10.2. The third-order valence-corrected chi connectivity index (χ3v) is 5.04. The molecule has 1 amide bonds. The van der Waals surface area contributed by atoms with Crippen molar-refractivity contribution in [2.24, 2.45) is 0 Å². The smallest absolute Gasteiger partial charge is 0.287 e. The Bertz CT molecular complexity index is 581. The van der Waals surface area contributed by atoms with Crippen LogP contribution >= 0.6 is 0 Å². The van der Waals surface area contributed by atoms with Gasteiger partial charge in [0.05, 0.1) is 0 Å². The van der Waals surface area contributed by atoms with E-state index in [-0.39, 0.29) is 16.8 Å². The summed E-state index contributed by atoms with van der Waals surface area (Å²) in [5, 5.41) is 2.53. The highest BCUT2D eigenvalue weighted by Gasteiger charge is 2.20. The lowest BCUT2D eigenvalue weighted by Gasteiger charge is -2.04. The Morgan fingerprint density at radius 1 is 0.958 bits per heavy atom. The zero-order chi connectivity index (χ0) is 17.8. The van der Waals surface area contributed by atoms with Gasteiger partial charge in [-0.15, -0.1) is 0 Å². The van der Waals surface area contributed by atoms with E-state index < -0.39 is 10.0 Å². The average molecular weight is 359 g/mol. The van der Waals surface area contributed by atoms with Crippen LogP contribution in [-0.2, 0) is 10.0 Å². The maximum absolute atomic E-state index is 12.1.